The number of carbonyl (C=O) groups excluding carboxylic acids is 1. The Kier molecular flexibility index (Phi) is 3.91. The average molecular weight is 248 g/mol. The summed E-state index contributed by atoms with van der Waals surface area (Å²) in [6, 6.07) is 2.08. The largest absolute Gasteiger partial charge is 0.302 e. The molecule has 4 heteroatoms. The van der Waals surface area contributed by atoms with E-state index in [2.05, 4.69) is 22.0 Å². The van der Waals surface area contributed by atoms with Crippen LogP contribution in [0.2, 0.25) is 0 Å². The number of rotatable bonds is 4. The predicted octanol–water partition coefficient (Wildman–Crippen LogP) is 2.14. The number of hydrogen-bond donors (Lipinski definition) is 0. The highest BCUT2D eigenvalue weighted by molar-refractivity contribution is 9.10. The molecule has 0 saturated carbocycles. The molecule has 0 radical (unpaired) electrons. The summed E-state index contributed by atoms with van der Waals surface area (Å²) in [4.78, 5) is 13.4. The van der Waals surface area contributed by atoms with Gasteiger partial charge in [-0.1, -0.05) is 0 Å². The maximum atomic E-state index is 10.2. The fraction of sp³-hybridized carbons (Fsp3) is 0.375. The molecule has 1 aromatic rings. The van der Waals surface area contributed by atoms with Gasteiger partial charge in [0.1, 0.15) is 6.29 Å². The molecule has 1 aromatic heterocycles. The summed E-state index contributed by atoms with van der Waals surface area (Å²) in [5.41, 5.74) is 0. The summed E-state index contributed by atoms with van der Waals surface area (Å²) in [6.07, 6.45) is 0.919. The maximum absolute atomic E-state index is 10.2. The zero-order chi connectivity index (χ0) is 8.97. The van der Waals surface area contributed by atoms with E-state index < -0.39 is 0 Å². The fourth-order valence-corrected chi connectivity index (χ4v) is 2.42. The molecular formula is C8H10BrNOS. The third-order valence-corrected chi connectivity index (χ3v) is 3.12. The number of thiophene rings is 1. The normalized spacial score (nSPS) is 10.6. The fourth-order valence-electron chi connectivity index (χ4n) is 0.895. The van der Waals surface area contributed by atoms with Crippen LogP contribution in [-0.2, 0) is 11.3 Å². The molecule has 0 amide bonds. The first-order valence-electron chi connectivity index (χ1n) is 3.57. The first-order valence-corrected chi connectivity index (χ1v) is 5.24. The molecule has 0 aliphatic heterocycles. The Morgan fingerprint density at radius 2 is 2.50 bits per heavy atom. The zero-order valence-corrected chi connectivity index (χ0v) is 9.19. The second-order valence-electron chi connectivity index (χ2n) is 2.59. The van der Waals surface area contributed by atoms with E-state index in [4.69, 9.17) is 0 Å². The highest BCUT2D eigenvalue weighted by Gasteiger charge is 2.01. The number of nitrogens with zero attached hydrogens (tertiary/aromatic N) is 1. The second kappa shape index (κ2) is 4.74. The Bertz CT molecular complexity index is 261. The third kappa shape index (κ3) is 3.05. The third-order valence-electron chi connectivity index (χ3n) is 1.43. The van der Waals surface area contributed by atoms with Crippen molar-refractivity contribution >= 4 is 33.6 Å². The van der Waals surface area contributed by atoms with Crippen LogP contribution in [0, 0.1) is 0 Å². The second-order valence-corrected chi connectivity index (χ2v) is 4.51. The molecule has 0 atom stereocenters. The molecule has 1 rings (SSSR count). The minimum absolute atomic E-state index is 0.496. The molecule has 0 N–H and O–H groups in total. The van der Waals surface area contributed by atoms with E-state index >= 15 is 0 Å². The number of aldehydes is 1. The summed E-state index contributed by atoms with van der Waals surface area (Å²) >= 11 is 5.08. The predicted molar refractivity (Wildman–Crippen MR) is 54.4 cm³/mol. The lowest BCUT2D eigenvalue weighted by molar-refractivity contribution is -0.108. The number of hydrogen-bond acceptors (Lipinski definition) is 3. The van der Waals surface area contributed by atoms with E-state index in [0.29, 0.717) is 6.54 Å². The van der Waals surface area contributed by atoms with Gasteiger partial charge in [-0.2, -0.15) is 0 Å². The van der Waals surface area contributed by atoms with Gasteiger partial charge in [-0.15, -0.1) is 11.3 Å². The van der Waals surface area contributed by atoms with Crippen molar-refractivity contribution in [3.63, 3.8) is 0 Å². The van der Waals surface area contributed by atoms with Crippen molar-refractivity contribution in [3.8, 4) is 0 Å². The first-order chi connectivity index (χ1) is 5.72. The van der Waals surface area contributed by atoms with Crippen LogP contribution in [0.3, 0.4) is 0 Å². The molecule has 0 spiro atoms. The van der Waals surface area contributed by atoms with E-state index in [9.17, 15) is 4.79 Å². The van der Waals surface area contributed by atoms with Crippen LogP contribution in [0.1, 0.15) is 4.88 Å². The van der Waals surface area contributed by atoms with E-state index in [0.717, 1.165) is 17.3 Å². The highest BCUT2D eigenvalue weighted by Crippen LogP contribution is 2.20. The topological polar surface area (TPSA) is 20.3 Å². The number of likely N-dealkylation sites (N-methyl/N-ethyl adjacent to an activating group) is 1. The average Bonchev–Trinajstić information content (AvgIpc) is 2.36. The van der Waals surface area contributed by atoms with Gasteiger partial charge in [0.2, 0.25) is 0 Å². The van der Waals surface area contributed by atoms with Crippen LogP contribution in [-0.4, -0.2) is 24.8 Å². The number of carbonyl (C=O) groups is 1. The summed E-state index contributed by atoms with van der Waals surface area (Å²) in [5, 5.41) is 2.05. The van der Waals surface area contributed by atoms with E-state index in [1.807, 2.05) is 17.3 Å². The first kappa shape index (κ1) is 9.89. The van der Waals surface area contributed by atoms with E-state index in [1.165, 1.54) is 4.88 Å². The molecule has 0 saturated heterocycles. The number of halogens is 1. The van der Waals surface area contributed by atoms with Gasteiger partial charge in [-0.05, 0) is 29.0 Å². The summed E-state index contributed by atoms with van der Waals surface area (Å²) in [5.74, 6) is 0. The van der Waals surface area contributed by atoms with Gasteiger partial charge in [0.25, 0.3) is 0 Å². The summed E-state index contributed by atoms with van der Waals surface area (Å²) < 4.78 is 1.11. The Morgan fingerprint density at radius 1 is 1.75 bits per heavy atom. The lowest BCUT2D eigenvalue weighted by Crippen LogP contribution is -2.19. The standard InChI is InChI=1S/C8H10BrNOS/c1-10(2-3-11)5-8-4-7(9)6-12-8/h3-4,6H,2,5H2,1H3. The molecule has 2 nitrogen and oxygen atoms in total. The van der Waals surface area contributed by atoms with Crippen molar-refractivity contribution in [2.45, 2.75) is 6.54 Å². The van der Waals surface area contributed by atoms with Crippen molar-refractivity contribution < 1.29 is 4.79 Å². The summed E-state index contributed by atoms with van der Waals surface area (Å²) in [7, 11) is 1.93. The van der Waals surface area contributed by atoms with Gasteiger partial charge in [0, 0.05) is 21.3 Å². The molecule has 66 valence electrons. The van der Waals surface area contributed by atoms with Gasteiger partial charge >= 0.3 is 0 Å². The van der Waals surface area contributed by atoms with Gasteiger partial charge in [-0.25, -0.2) is 0 Å². The van der Waals surface area contributed by atoms with E-state index in [1.54, 1.807) is 11.3 Å². The van der Waals surface area contributed by atoms with Crippen molar-refractivity contribution in [2.24, 2.45) is 0 Å². The van der Waals surface area contributed by atoms with Crippen LogP contribution in [0.4, 0.5) is 0 Å². The molecule has 0 aromatic carbocycles. The van der Waals surface area contributed by atoms with E-state index in [-0.39, 0.29) is 0 Å². The minimum Gasteiger partial charge on any atom is -0.302 e. The van der Waals surface area contributed by atoms with Crippen LogP contribution in [0.15, 0.2) is 15.9 Å². The molecule has 0 fully saturated rings. The Labute approximate surface area is 84.3 Å². The quantitative estimate of drug-likeness (QED) is 0.761. The minimum atomic E-state index is 0.496. The van der Waals surface area contributed by atoms with Crippen LogP contribution in [0.25, 0.3) is 0 Å². The van der Waals surface area contributed by atoms with Crippen molar-refractivity contribution in [1.82, 2.24) is 4.90 Å². The summed E-state index contributed by atoms with van der Waals surface area (Å²) in [6.45, 7) is 1.34. The van der Waals surface area contributed by atoms with Gasteiger partial charge in [0.15, 0.2) is 0 Å². The molecular weight excluding hydrogens is 238 g/mol. The Hall–Kier alpha value is -0.190. The van der Waals surface area contributed by atoms with Gasteiger partial charge < -0.3 is 4.79 Å². The lowest BCUT2D eigenvalue weighted by Gasteiger charge is -2.10. The molecule has 1 heterocycles. The maximum Gasteiger partial charge on any atom is 0.133 e. The molecule has 12 heavy (non-hydrogen) atoms. The molecule has 0 unspecified atom stereocenters. The van der Waals surface area contributed by atoms with Gasteiger partial charge in [-0.3, -0.25) is 4.90 Å². The lowest BCUT2D eigenvalue weighted by atomic mass is 10.4. The van der Waals surface area contributed by atoms with Crippen molar-refractivity contribution in [3.05, 3.63) is 20.8 Å². The van der Waals surface area contributed by atoms with Crippen molar-refractivity contribution in [2.75, 3.05) is 13.6 Å². The van der Waals surface area contributed by atoms with Crippen LogP contribution < -0.4 is 0 Å². The van der Waals surface area contributed by atoms with Crippen LogP contribution in [0.5, 0.6) is 0 Å². The zero-order valence-electron chi connectivity index (χ0n) is 6.79. The smallest absolute Gasteiger partial charge is 0.133 e. The molecule has 0 aliphatic rings. The molecule has 0 bridgehead atoms. The van der Waals surface area contributed by atoms with Crippen LogP contribution >= 0.6 is 27.3 Å². The Morgan fingerprint density at radius 3 is 3.00 bits per heavy atom. The SMILES string of the molecule is CN(CC=O)Cc1cc(Br)cs1. The van der Waals surface area contributed by atoms with Crippen molar-refractivity contribution in [1.29, 1.82) is 0 Å². The van der Waals surface area contributed by atoms with Gasteiger partial charge in [0.05, 0.1) is 6.54 Å². The highest BCUT2D eigenvalue weighted by atomic mass is 79.9. The Balaban J connectivity index is 2.46. The molecule has 0 aliphatic carbocycles. The monoisotopic (exact) mass is 247 g/mol.